The number of carbonyl (C=O) groups is 4. The van der Waals surface area contributed by atoms with E-state index in [4.69, 9.17) is 20.0 Å². The molecule has 8 atom stereocenters. The Morgan fingerprint density at radius 2 is 1.57 bits per heavy atom. The first kappa shape index (κ1) is 53.3. The van der Waals surface area contributed by atoms with E-state index in [1.807, 2.05) is 52.8 Å². The van der Waals surface area contributed by atoms with Crippen LogP contribution < -0.4 is 0 Å². The second kappa shape index (κ2) is 25.4. The molecule has 18 nitrogen and oxygen atoms in total. The molecule has 0 unspecified atom stereocenters. The predicted octanol–water partition coefficient (Wildman–Crippen LogP) is 4.83. The number of ether oxygens (including phenoxy) is 2. The highest BCUT2D eigenvalue weighted by Crippen LogP contribution is 2.45. The number of azide groups is 1. The van der Waals surface area contributed by atoms with Crippen LogP contribution in [0.1, 0.15) is 85.1 Å². The fourth-order valence-corrected chi connectivity index (χ4v) is 9.78. The summed E-state index contributed by atoms with van der Waals surface area (Å²) >= 11 is 0. The average Bonchev–Trinajstić information content (AvgIpc) is 3.74. The third kappa shape index (κ3) is 15.0. The Morgan fingerprint density at radius 1 is 0.937 bits per heavy atom. The van der Waals surface area contributed by atoms with Crippen molar-refractivity contribution >= 4 is 37.1 Å². The van der Waals surface area contributed by atoms with Gasteiger partial charge in [-0.2, -0.15) is 0 Å². The summed E-state index contributed by atoms with van der Waals surface area (Å²) in [6.45, 7) is 12.5. The van der Waals surface area contributed by atoms with Crippen LogP contribution in [0.2, 0.25) is 0 Å². The largest absolute Gasteiger partial charge is 0.379 e. The Hall–Kier alpha value is -4.05. The lowest BCUT2D eigenvalue weighted by Gasteiger charge is -2.41. The Bertz CT molecular complexity index is 1770. The topological polar surface area (TPSA) is 222 Å². The zero-order chi connectivity index (χ0) is 47.0. The molecule has 0 radical (unpaired) electrons. The molecule has 0 bridgehead atoms. The molecule has 354 valence electrons. The van der Waals surface area contributed by atoms with Gasteiger partial charge >= 0.3 is 7.60 Å². The van der Waals surface area contributed by atoms with Crippen molar-refractivity contribution in [1.29, 1.82) is 0 Å². The predicted molar refractivity (Wildman–Crippen MR) is 243 cm³/mol. The normalized spacial score (nSPS) is 19.4. The first-order valence-corrected chi connectivity index (χ1v) is 24.0. The maximum absolute atomic E-state index is 14.6. The zero-order valence-electron chi connectivity index (χ0n) is 39.2. The number of guanidine groups is 1. The van der Waals surface area contributed by atoms with E-state index in [0.717, 1.165) is 5.56 Å². The molecule has 2 N–H and O–H groups in total. The number of likely N-dealkylation sites (N-methyl/N-ethyl adjacent to an activating group) is 1. The summed E-state index contributed by atoms with van der Waals surface area (Å²) in [7, 11) is 3.93. The minimum absolute atomic E-state index is 0.0117. The van der Waals surface area contributed by atoms with E-state index in [-0.39, 0.29) is 61.1 Å². The van der Waals surface area contributed by atoms with Gasteiger partial charge in [-0.1, -0.05) is 76.5 Å². The first-order chi connectivity index (χ1) is 29.8. The van der Waals surface area contributed by atoms with Crippen molar-refractivity contribution in [3.63, 3.8) is 0 Å². The SMILES string of the molecule is CC[C@H](C)[C@@H]([C@@H](CC(=O)N1CCC[C@H]1[C@H](OC)[C@@H](C)C(=O)C[C@@H](Cc1ccccc1)P(=O)(O)O)OC)N(C)C(=O)[C@@H](N=C(N(C)C)N1CCN(C(=O)CCCN=[N+]=[N-])CC1)C(C)C. The molecule has 63 heavy (non-hydrogen) atoms. The Morgan fingerprint density at radius 3 is 2.11 bits per heavy atom. The van der Waals surface area contributed by atoms with Crippen molar-refractivity contribution in [3.05, 3.63) is 46.3 Å². The van der Waals surface area contributed by atoms with Crippen molar-refractivity contribution in [3.8, 4) is 0 Å². The number of piperazine rings is 1. The third-order valence-corrected chi connectivity index (χ3v) is 14.1. The van der Waals surface area contributed by atoms with Gasteiger partial charge < -0.3 is 43.8 Å². The molecule has 3 rings (SSSR count). The van der Waals surface area contributed by atoms with Gasteiger partial charge in [0.2, 0.25) is 17.7 Å². The number of ketones is 1. The minimum atomic E-state index is -4.62. The molecule has 2 saturated heterocycles. The van der Waals surface area contributed by atoms with E-state index >= 15 is 0 Å². The van der Waals surface area contributed by atoms with Gasteiger partial charge in [-0.15, -0.1) is 0 Å². The summed E-state index contributed by atoms with van der Waals surface area (Å²) in [6.07, 6.45) is 1.10. The highest BCUT2D eigenvalue weighted by Gasteiger charge is 2.44. The van der Waals surface area contributed by atoms with Crippen molar-refractivity contribution in [2.24, 2.45) is 27.9 Å². The van der Waals surface area contributed by atoms with Crippen molar-refractivity contribution in [2.45, 2.75) is 122 Å². The van der Waals surface area contributed by atoms with Crippen LogP contribution in [0.15, 0.2) is 40.4 Å². The Balaban J connectivity index is 1.79. The van der Waals surface area contributed by atoms with Gasteiger partial charge in [0.15, 0.2) is 5.96 Å². The second-order valence-corrected chi connectivity index (χ2v) is 19.5. The number of nitrogens with zero attached hydrogens (tertiary/aromatic N) is 9. The highest BCUT2D eigenvalue weighted by atomic mass is 31.2. The molecule has 3 amide bonds. The van der Waals surface area contributed by atoms with Crippen molar-refractivity contribution < 1.29 is 43.0 Å². The van der Waals surface area contributed by atoms with E-state index in [2.05, 4.69) is 14.9 Å². The lowest BCUT2D eigenvalue weighted by Crippen LogP contribution is -2.56. The van der Waals surface area contributed by atoms with Gasteiger partial charge in [0.25, 0.3) is 0 Å². The number of methoxy groups -OCH3 is 2. The van der Waals surface area contributed by atoms with E-state index in [0.29, 0.717) is 70.8 Å². The second-order valence-electron chi connectivity index (χ2n) is 17.6. The van der Waals surface area contributed by atoms with Gasteiger partial charge in [0.1, 0.15) is 11.8 Å². The Kier molecular flexibility index (Phi) is 21.5. The number of hydrogen-bond acceptors (Lipinski definition) is 9. The van der Waals surface area contributed by atoms with Crippen molar-refractivity contribution in [2.75, 3.05) is 74.6 Å². The number of aliphatic imine (C=N–C) groups is 1. The molecule has 2 aliphatic heterocycles. The van der Waals surface area contributed by atoms with Gasteiger partial charge in [-0.25, -0.2) is 4.99 Å². The number of carbonyl (C=O) groups excluding carboxylic acids is 4. The smallest absolute Gasteiger partial charge is 0.329 e. The van der Waals surface area contributed by atoms with E-state index in [9.17, 15) is 33.5 Å². The zero-order valence-corrected chi connectivity index (χ0v) is 40.1. The number of rotatable bonds is 23. The van der Waals surface area contributed by atoms with Gasteiger partial charge in [-0.3, -0.25) is 23.7 Å². The average molecular weight is 904 g/mol. The fourth-order valence-electron chi connectivity index (χ4n) is 8.92. The summed E-state index contributed by atoms with van der Waals surface area (Å²) in [5, 5.41) is 3.52. The summed E-state index contributed by atoms with van der Waals surface area (Å²) in [6, 6.07) is 7.25. The maximum atomic E-state index is 14.6. The first-order valence-electron chi connectivity index (χ1n) is 22.3. The van der Waals surface area contributed by atoms with Crippen molar-refractivity contribution in [1.82, 2.24) is 24.5 Å². The van der Waals surface area contributed by atoms with Crippen LogP contribution in [0, 0.1) is 17.8 Å². The monoisotopic (exact) mass is 904 g/mol. The van der Waals surface area contributed by atoms with Gasteiger partial charge in [-0.05, 0) is 48.6 Å². The van der Waals surface area contributed by atoms with E-state index in [1.165, 1.54) is 7.11 Å². The number of amides is 3. The molecule has 1 aromatic rings. The van der Waals surface area contributed by atoms with Crippen LogP contribution in [0.4, 0.5) is 0 Å². The molecular formula is C44H74N9O9P. The highest BCUT2D eigenvalue weighted by molar-refractivity contribution is 7.52. The van der Waals surface area contributed by atoms with Crippen LogP contribution in [-0.2, 0) is 39.6 Å². The number of likely N-dealkylation sites (tertiary alicyclic amines) is 1. The molecule has 2 heterocycles. The molecule has 0 aliphatic carbocycles. The number of Topliss-reactive ketones (excluding diaryl/α,β-unsaturated/α-hetero) is 1. The summed E-state index contributed by atoms with van der Waals surface area (Å²) < 4.78 is 24.6. The molecule has 0 saturated carbocycles. The summed E-state index contributed by atoms with van der Waals surface area (Å²) in [5.41, 5.74) is 8.06. The van der Waals surface area contributed by atoms with E-state index in [1.54, 1.807) is 60.0 Å². The lowest BCUT2D eigenvalue weighted by atomic mass is 9.88. The lowest BCUT2D eigenvalue weighted by molar-refractivity contribution is -0.146. The van der Waals surface area contributed by atoms with Crippen LogP contribution in [0.5, 0.6) is 0 Å². The van der Waals surface area contributed by atoms with Gasteiger partial charge in [0, 0.05) is 98.3 Å². The van der Waals surface area contributed by atoms with E-state index < -0.39 is 49.5 Å². The molecule has 0 spiro atoms. The molecule has 2 aliphatic rings. The third-order valence-electron chi connectivity index (χ3n) is 12.7. The molecule has 2 fully saturated rings. The van der Waals surface area contributed by atoms with Crippen LogP contribution >= 0.6 is 7.60 Å². The van der Waals surface area contributed by atoms with Gasteiger partial charge in [0.05, 0.1) is 36.4 Å². The standard InChI is InChI=1S/C44H74N9O9P/c1-11-31(4)41(50(8)43(57)40(30(2)3)47-44(49(6)7)52-25-23-51(24-26-52)38(55)20-15-21-46-48-45)37(61-9)29-39(56)53-22-16-19-35(53)42(62-10)32(5)36(54)28-34(63(58,59)60)27-33-17-13-12-14-18-33/h12-14,17-18,30-32,34-35,37,40-42H,11,15-16,19-29H2,1-10H3,(H2,58,59,60)/t31-,32-,34+,35-,37+,40-,41-,42+/m0/s1. The number of hydrogen-bond donors (Lipinski definition) is 2. The molecule has 1 aromatic carbocycles. The molecule has 0 aromatic heterocycles. The van der Waals surface area contributed by atoms with Crippen LogP contribution in [-0.4, -0.2) is 174 Å². The summed E-state index contributed by atoms with van der Waals surface area (Å²) in [5.74, 6) is -1.08. The molecule has 19 heteroatoms. The van der Waals surface area contributed by atoms with Crippen LogP contribution in [0.25, 0.3) is 10.4 Å². The summed E-state index contributed by atoms with van der Waals surface area (Å²) in [4.78, 5) is 93.0. The fraction of sp³-hybridized carbons (Fsp3) is 0.750. The minimum Gasteiger partial charge on any atom is -0.379 e. The number of benzene rings is 1. The maximum Gasteiger partial charge on any atom is 0.329 e. The molecular weight excluding hydrogens is 830 g/mol. The van der Waals surface area contributed by atoms with Crippen LogP contribution in [0.3, 0.4) is 0 Å². The Labute approximate surface area is 374 Å². The quantitative estimate of drug-likeness (QED) is 0.0288.